The number of carbonyl (C=O) groups is 1. The van der Waals surface area contributed by atoms with E-state index in [1.807, 2.05) is 24.6 Å². The second-order valence-corrected chi connectivity index (χ2v) is 8.51. The number of rotatable bonds is 6. The third kappa shape index (κ3) is 3.55. The molecule has 1 aliphatic rings. The van der Waals surface area contributed by atoms with Crippen LogP contribution in [0, 0.1) is 24.0 Å². The van der Waals surface area contributed by atoms with E-state index in [1.165, 1.54) is 12.1 Å². The predicted molar refractivity (Wildman–Crippen MR) is 125 cm³/mol. The molecule has 4 aromatic rings. The van der Waals surface area contributed by atoms with Crippen molar-refractivity contribution >= 4 is 22.6 Å². The van der Waals surface area contributed by atoms with Gasteiger partial charge in [0, 0.05) is 37.6 Å². The van der Waals surface area contributed by atoms with Gasteiger partial charge in [-0.1, -0.05) is 12.1 Å². The van der Waals surface area contributed by atoms with Crippen LogP contribution in [0.3, 0.4) is 0 Å². The Bertz CT molecular complexity index is 1490. The van der Waals surface area contributed by atoms with E-state index in [1.54, 1.807) is 41.7 Å². The summed E-state index contributed by atoms with van der Waals surface area (Å²) in [6.45, 7) is 4.79. The zero-order valence-electron chi connectivity index (χ0n) is 18.7. The second-order valence-electron chi connectivity index (χ2n) is 8.51. The van der Waals surface area contributed by atoms with E-state index in [4.69, 9.17) is 4.42 Å². The number of non-ortho nitro benzene ring substituents is 1. The maximum absolute atomic E-state index is 13.7. The maximum Gasteiger partial charge on any atom is 0.290 e. The van der Waals surface area contributed by atoms with Crippen molar-refractivity contribution in [1.29, 1.82) is 0 Å². The van der Waals surface area contributed by atoms with Gasteiger partial charge in [0.2, 0.25) is 5.76 Å². The summed E-state index contributed by atoms with van der Waals surface area (Å²) < 4.78 is 7.91. The molecule has 34 heavy (non-hydrogen) atoms. The first-order valence-corrected chi connectivity index (χ1v) is 10.9. The highest BCUT2D eigenvalue weighted by Crippen LogP contribution is 2.39. The summed E-state index contributed by atoms with van der Waals surface area (Å²) in [6, 6.07) is 8.84. The third-order valence-corrected chi connectivity index (χ3v) is 6.35. The Morgan fingerprint density at radius 3 is 2.65 bits per heavy atom. The monoisotopic (exact) mass is 458 g/mol. The molecule has 1 amide bonds. The minimum atomic E-state index is -0.771. The molecule has 0 spiro atoms. The quantitative estimate of drug-likeness (QED) is 0.317. The van der Waals surface area contributed by atoms with Crippen LogP contribution < -0.4 is 5.43 Å². The number of amides is 1. The van der Waals surface area contributed by atoms with Crippen molar-refractivity contribution in [2.24, 2.45) is 0 Å². The summed E-state index contributed by atoms with van der Waals surface area (Å²) in [5.41, 5.74) is 2.58. The lowest BCUT2D eigenvalue weighted by atomic mass is 9.97. The molecule has 5 rings (SSSR count). The van der Waals surface area contributed by atoms with Gasteiger partial charge < -0.3 is 13.9 Å². The van der Waals surface area contributed by atoms with Gasteiger partial charge in [-0.25, -0.2) is 4.98 Å². The number of hydrogen-bond acceptors (Lipinski definition) is 6. The average molecular weight is 458 g/mol. The summed E-state index contributed by atoms with van der Waals surface area (Å²) in [6.07, 6.45) is 5.82. The zero-order chi connectivity index (χ0) is 24.0. The molecule has 0 radical (unpaired) electrons. The fraction of sp³-hybridized carbons (Fsp3) is 0.240. The molecule has 0 bridgehead atoms. The molecular formula is C25H22N4O5. The lowest BCUT2D eigenvalue weighted by molar-refractivity contribution is -0.384. The van der Waals surface area contributed by atoms with Crippen LogP contribution in [0.5, 0.6) is 0 Å². The van der Waals surface area contributed by atoms with Gasteiger partial charge in [-0.2, -0.15) is 0 Å². The van der Waals surface area contributed by atoms with E-state index in [0.29, 0.717) is 36.0 Å². The van der Waals surface area contributed by atoms with Gasteiger partial charge in [0.25, 0.3) is 11.6 Å². The largest absolute Gasteiger partial charge is 0.450 e. The van der Waals surface area contributed by atoms with Crippen molar-refractivity contribution in [2.75, 3.05) is 6.54 Å². The molecule has 9 nitrogen and oxygen atoms in total. The van der Waals surface area contributed by atoms with Gasteiger partial charge >= 0.3 is 0 Å². The number of nitro benzene ring substituents is 1. The molecule has 0 fully saturated rings. The lowest BCUT2D eigenvalue weighted by Crippen LogP contribution is -2.31. The van der Waals surface area contributed by atoms with Crippen LogP contribution in [-0.2, 0) is 6.54 Å². The topological polar surface area (TPSA) is 111 Å². The molecule has 9 heteroatoms. The van der Waals surface area contributed by atoms with Crippen molar-refractivity contribution in [1.82, 2.24) is 14.5 Å². The van der Waals surface area contributed by atoms with E-state index in [2.05, 4.69) is 4.98 Å². The van der Waals surface area contributed by atoms with Gasteiger partial charge in [0.05, 0.1) is 28.2 Å². The van der Waals surface area contributed by atoms with Crippen molar-refractivity contribution in [3.63, 3.8) is 0 Å². The molecule has 2 aromatic carbocycles. The number of aryl methyl sites for hydroxylation is 3. The SMILES string of the molecule is Cc1cc2oc3c(c(=O)c2cc1C)[C@@H](c1cccc([N+](=O)[O-])c1)N(CCCn1ccnc1)C3=O. The molecule has 0 saturated carbocycles. The van der Waals surface area contributed by atoms with Crippen LogP contribution in [0.4, 0.5) is 5.69 Å². The van der Waals surface area contributed by atoms with Gasteiger partial charge in [-0.15, -0.1) is 0 Å². The Kier molecular flexibility index (Phi) is 5.24. The fourth-order valence-electron chi connectivity index (χ4n) is 4.50. The molecular weight excluding hydrogens is 436 g/mol. The van der Waals surface area contributed by atoms with Crippen molar-refractivity contribution in [3.05, 3.63) is 103 Å². The van der Waals surface area contributed by atoms with E-state index in [0.717, 1.165) is 11.1 Å². The van der Waals surface area contributed by atoms with Crippen molar-refractivity contribution < 1.29 is 14.1 Å². The molecule has 172 valence electrons. The molecule has 1 atom stereocenters. The summed E-state index contributed by atoms with van der Waals surface area (Å²) in [5, 5.41) is 11.8. The molecule has 0 aliphatic carbocycles. The first-order chi connectivity index (χ1) is 16.3. The minimum absolute atomic E-state index is 0.000102. The van der Waals surface area contributed by atoms with Gasteiger partial charge in [0.15, 0.2) is 5.43 Å². The Balaban J connectivity index is 1.64. The lowest BCUT2D eigenvalue weighted by Gasteiger charge is -2.25. The summed E-state index contributed by atoms with van der Waals surface area (Å²) in [7, 11) is 0. The van der Waals surface area contributed by atoms with Crippen LogP contribution in [0.2, 0.25) is 0 Å². The number of imidazole rings is 1. The standard InChI is InChI=1S/C25H22N4O5/c1-15-11-19-20(12-16(15)2)34-24-21(23(19)30)22(17-5-3-6-18(13-17)29(32)33)28(25(24)31)9-4-8-27-10-7-26-14-27/h3,5-7,10-14,22H,4,8-9H2,1-2H3/t22-/m1/s1. The van der Waals surface area contributed by atoms with E-state index in [-0.39, 0.29) is 22.4 Å². The number of aromatic nitrogens is 2. The molecule has 0 N–H and O–H groups in total. The summed E-state index contributed by atoms with van der Waals surface area (Å²) >= 11 is 0. The van der Waals surface area contributed by atoms with Crippen molar-refractivity contribution in [2.45, 2.75) is 32.9 Å². The first kappa shape index (κ1) is 21.6. The van der Waals surface area contributed by atoms with Crippen LogP contribution in [0.15, 0.2) is 64.3 Å². The number of nitrogens with zero attached hydrogens (tertiary/aromatic N) is 4. The number of benzene rings is 2. The smallest absolute Gasteiger partial charge is 0.290 e. The predicted octanol–water partition coefficient (Wildman–Crippen LogP) is 4.15. The molecule has 0 saturated heterocycles. The first-order valence-electron chi connectivity index (χ1n) is 10.9. The highest BCUT2D eigenvalue weighted by atomic mass is 16.6. The molecule has 3 heterocycles. The van der Waals surface area contributed by atoms with Crippen LogP contribution in [-0.4, -0.2) is 31.8 Å². The Hall–Kier alpha value is -4.27. The van der Waals surface area contributed by atoms with Gasteiger partial charge in [0.1, 0.15) is 5.58 Å². The molecule has 0 unspecified atom stereocenters. The molecule has 2 aromatic heterocycles. The van der Waals surface area contributed by atoms with Gasteiger partial charge in [-0.05, 0) is 49.1 Å². The number of carbonyl (C=O) groups excluding carboxylic acids is 1. The second kappa shape index (κ2) is 8.26. The van der Waals surface area contributed by atoms with E-state index >= 15 is 0 Å². The Morgan fingerprint density at radius 2 is 1.91 bits per heavy atom. The Morgan fingerprint density at radius 1 is 1.12 bits per heavy atom. The average Bonchev–Trinajstić information content (AvgIpc) is 3.43. The third-order valence-electron chi connectivity index (χ3n) is 6.35. The van der Waals surface area contributed by atoms with E-state index in [9.17, 15) is 19.7 Å². The van der Waals surface area contributed by atoms with Gasteiger partial charge in [-0.3, -0.25) is 19.7 Å². The maximum atomic E-state index is 13.7. The summed E-state index contributed by atoms with van der Waals surface area (Å²) in [4.78, 5) is 43.7. The minimum Gasteiger partial charge on any atom is -0.450 e. The molecule has 1 aliphatic heterocycles. The van der Waals surface area contributed by atoms with Crippen LogP contribution in [0.25, 0.3) is 11.0 Å². The summed E-state index contributed by atoms with van der Waals surface area (Å²) in [5.74, 6) is -0.394. The normalized spacial score (nSPS) is 15.2. The highest BCUT2D eigenvalue weighted by molar-refractivity contribution is 5.99. The number of fused-ring (bicyclic) bond motifs is 2. The fourth-order valence-corrected chi connectivity index (χ4v) is 4.50. The zero-order valence-corrected chi connectivity index (χ0v) is 18.7. The highest BCUT2D eigenvalue weighted by Gasteiger charge is 2.42. The van der Waals surface area contributed by atoms with Crippen LogP contribution in [0.1, 0.15) is 45.3 Å². The van der Waals surface area contributed by atoms with Crippen molar-refractivity contribution in [3.8, 4) is 0 Å². The number of nitro groups is 1. The Labute approximate surface area is 194 Å². The van der Waals surface area contributed by atoms with Crippen LogP contribution >= 0.6 is 0 Å². The number of hydrogen-bond donors (Lipinski definition) is 0. The van der Waals surface area contributed by atoms with E-state index < -0.39 is 16.9 Å².